The molecule has 2 rings (SSSR count). The van der Waals surface area contributed by atoms with Gasteiger partial charge in [-0.2, -0.15) is 0 Å². The Morgan fingerprint density at radius 2 is 2.27 bits per heavy atom. The molecule has 1 unspecified atom stereocenters. The second kappa shape index (κ2) is 4.49. The first-order chi connectivity index (χ1) is 7.25. The zero-order valence-corrected chi connectivity index (χ0v) is 9.24. The minimum Gasteiger partial charge on any atom is -0.472 e. The maximum Gasteiger partial charge on any atom is 0.0949 e. The lowest BCUT2D eigenvalue weighted by Crippen LogP contribution is -1.96. The molecule has 0 bridgehead atoms. The fraction of sp³-hybridized carbons (Fsp3) is 0.250. The highest BCUT2D eigenvalue weighted by Crippen LogP contribution is 2.24. The first kappa shape index (κ1) is 10.2. The van der Waals surface area contributed by atoms with Crippen LogP contribution in [0.1, 0.15) is 22.2 Å². The molecule has 0 spiro atoms. The van der Waals surface area contributed by atoms with E-state index in [-0.39, 0.29) is 5.38 Å². The topological polar surface area (TPSA) is 26.0 Å². The Balaban J connectivity index is 2.06. The Morgan fingerprint density at radius 3 is 2.87 bits per heavy atom. The molecule has 3 heteroatoms. The highest BCUT2D eigenvalue weighted by atomic mass is 35.5. The smallest absolute Gasteiger partial charge is 0.0949 e. The van der Waals surface area contributed by atoms with Gasteiger partial charge in [0.1, 0.15) is 0 Å². The zero-order chi connectivity index (χ0) is 10.7. The molecule has 15 heavy (non-hydrogen) atoms. The number of hydrogen-bond acceptors (Lipinski definition) is 2. The van der Waals surface area contributed by atoms with Crippen molar-refractivity contribution in [2.75, 3.05) is 0 Å². The first-order valence-electron chi connectivity index (χ1n) is 4.83. The Morgan fingerprint density at radius 1 is 1.40 bits per heavy atom. The molecule has 1 atom stereocenters. The molecule has 0 N–H and O–H groups in total. The number of halogens is 1. The molecule has 0 saturated heterocycles. The average Bonchev–Trinajstić information content (AvgIpc) is 2.74. The van der Waals surface area contributed by atoms with Crippen LogP contribution in [0.5, 0.6) is 0 Å². The number of hydrogen-bond donors (Lipinski definition) is 0. The van der Waals surface area contributed by atoms with E-state index in [1.807, 2.05) is 31.3 Å². The van der Waals surface area contributed by atoms with Crippen LogP contribution in [0.25, 0.3) is 0 Å². The van der Waals surface area contributed by atoms with Crippen molar-refractivity contribution in [3.8, 4) is 0 Å². The maximum absolute atomic E-state index is 6.22. The average molecular weight is 222 g/mol. The van der Waals surface area contributed by atoms with E-state index in [0.29, 0.717) is 0 Å². The zero-order valence-electron chi connectivity index (χ0n) is 8.48. The summed E-state index contributed by atoms with van der Waals surface area (Å²) in [5.74, 6) is 0. The molecule has 2 aromatic heterocycles. The normalized spacial score (nSPS) is 12.7. The number of aromatic nitrogens is 1. The predicted molar refractivity (Wildman–Crippen MR) is 60.0 cm³/mol. The molecule has 0 aromatic carbocycles. The quantitative estimate of drug-likeness (QED) is 0.742. The maximum atomic E-state index is 6.22. The van der Waals surface area contributed by atoms with Gasteiger partial charge in [0.2, 0.25) is 0 Å². The number of furan rings is 1. The molecule has 78 valence electrons. The summed E-state index contributed by atoms with van der Waals surface area (Å²) in [4.78, 5) is 4.31. The van der Waals surface area contributed by atoms with Crippen LogP contribution in [0.2, 0.25) is 0 Å². The Bertz CT molecular complexity index is 408. The fourth-order valence-corrected chi connectivity index (χ4v) is 1.66. The molecular weight excluding hydrogens is 210 g/mol. The van der Waals surface area contributed by atoms with E-state index < -0.39 is 0 Å². The summed E-state index contributed by atoms with van der Waals surface area (Å²) in [6.07, 6.45) is 5.88. The summed E-state index contributed by atoms with van der Waals surface area (Å²) in [6, 6.07) is 5.93. The van der Waals surface area contributed by atoms with Crippen molar-refractivity contribution < 1.29 is 4.42 Å². The number of rotatable bonds is 3. The summed E-state index contributed by atoms with van der Waals surface area (Å²) in [5, 5.41) is -0.0704. The van der Waals surface area contributed by atoms with E-state index in [9.17, 15) is 0 Å². The van der Waals surface area contributed by atoms with Gasteiger partial charge in [-0.05, 0) is 24.6 Å². The lowest BCUT2D eigenvalue weighted by atomic mass is 10.1. The molecule has 0 aliphatic rings. The van der Waals surface area contributed by atoms with E-state index in [2.05, 4.69) is 4.98 Å². The second-order valence-corrected chi connectivity index (χ2v) is 4.08. The number of nitrogens with zero attached hydrogens (tertiary/aromatic N) is 1. The Kier molecular flexibility index (Phi) is 3.07. The van der Waals surface area contributed by atoms with Crippen LogP contribution in [0, 0.1) is 6.92 Å². The fourth-order valence-electron chi connectivity index (χ4n) is 1.37. The van der Waals surface area contributed by atoms with Crippen molar-refractivity contribution in [1.29, 1.82) is 0 Å². The third-order valence-electron chi connectivity index (χ3n) is 2.27. The van der Waals surface area contributed by atoms with E-state index in [1.54, 1.807) is 12.5 Å². The molecule has 0 radical (unpaired) electrons. The summed E-state index contributed by atoms with van der Waals surface area (Å²) in [6.45, 7) is 2.02. The number of aryl methyl sites for hydroxylation is 1. The molecule has 0 aliphatic carbocycles. The Hall–Kier alpha value is -1.28. The third kappa shape index (κ3) is 2.60. The van der Waals surface area contributed by atoms with Crippen LogP contribution >= 0.6 is 11.6 Å². The van der Waals surface area contributed by atoms with E-state index >= 15 is 0 Å². The van der Waals surface area contributed by atoms with Crippen molar-refractivity contribution in [1.82, 2.24) is 4.98 Å². The van der Waals surface area contributed by atoms with Crippen LogP contribution in [0.15, 0.2) is 41.3 Å². The van der Waals surface area contributed by atoms with Gasteiger partial charge >= 0.3 is 0 Å². The number of alkyl halides is 1. The molecule has 2 heterocycles. The lowest BCUT2D eigenvalue weighted by molar-refractivity contribution is 0.563. The van der Waals surface area contributed by atoms with Gasteiger partial charge < -0.3 is 4.42 Å². The van der Waals surface area contributed by atoms with Crippen LogP contribution < -0.4 is 0 Å². The second-order valence-electron chi connectivity index (χ2n) is 3.56. The highest BCUT2D eigenvalue weighted by molar-refractivity contribution is 6.20. The van der Waals surface area contributed by atoms with Crippen molar-refractivity contribution in [3.63, 3.8) is 0 Å². The van der Waals surface area contributed by atoms with Gasteiger partial charge in [0.15, 0.2) is 0 Å². The molecular formula is C12H12ClNO. The van der Waals surface area contributed by atoms with Crippen molar-refractivity contribution >= 4 is 11.6 Å². The summed E-state index contributed by atoms with van der Waals surface area (Å²) in [7, 11) is 0. The minimum absolute atomic E-state index is 0.0704. The molecule has 0 fully saturated rings. The van der Waals surface area contributed by atoms with Crippen LogP contribution in [0.3, 0.4) is 0 Å². The van der Waals surface area contributed by atoms with Crippen molar-refractivity contribution in [2.45, 2.75) is 18.7 Å². The van der Waals surface area contributed by atoms with Crippen LogP contribution in [-0.2, 0) is 6.42 Å². The van der Waals surface area contributed by atoms with Gasteiger partial charge in [0.25, 0.3) is 0 Å². The Labute approximate surface area is 93.9 Å². The van der Waals surface area contributed by atoms with Gasteiger partial charge in [0, 0.05) is 23.9 Å². The highest BCUT2D eigenvalue weighted by Gasteiger charge is 2.10. The van der Waals surface area contributed by atoms with E-state index in [4.69, 9.17) is 16.0 Å². The molecule has 2 aromatic rings. The third-order valence-corrected chi connectivity index (χ3v) is 2.67. The SMILES string of the molecule is Cc1ccc(CC(Cl)c2ccoc2)nc1. The van der Waals surface area contributed by atoms with Gasteiger partial charge in [0.05, 0.1) is 17.9 Å². The minimum atomic E-state index is -0.0704. The standard InChI is InChI=1S/C12H12ClNO/c1-9-2-3-11(14-7-9)6-12(13)10-4-5-15-8-10/h2-5,7-8,12H,6H2,1H3. The molecule has 2 nitrogen and oxygen atoms in total. The van der Waals surface area contributed by atoms with Crippen molar-refractivity contribution in [2.24, 2.45) is 0 Å². The van der Waals surface area contributed by atoms with Gasteiger partial charge in [-0.15, -0.1) is 11.6 Å². The summed E-state index contributed by atoms with van der Waals surface area (Å²) in [5.41, 5.74) is 3.16. The first-order valence-corrected chi connectivity index (χ1v) is 5.27. The molecule has 0 saturated carbocycles. The summed E-state index contributed by atoms with van der Waals surface area (Å²) < 4.78 is 4.99. The van der Waals surface area contributed by atoms with E-state index in [1.165, 1.54) is 0 Å². The molecule has 0 aliphatic heterocycles. The lowest BCUT2D eigenvalue weighted by Gasteiger charge is -2.06. The largest absolute Gasteiger partial charge is 0.472 e. The predicted octanol–water partition coefficient (Wildman–Crippen LogP) is 3.51. The summed E-state index contributed by atoms with van der Waals surface area (Å²) >= 11 is 6.22. The van der Waals surface area contributed by atoms with Crippen LogP contribution in [0.4, 0.5) is 0 Å². The van der Waals surface area contributed by atoms with Crippen molar-refractivity contribution in [3.05, 3.63) is 53.7 Å². The van der Waals surface area contributed by atoms with Crippen LogP contribution in [-0.4, -0.2) is 4.98 Å². The molecule has 0 amide bonds. The van der Waals surface area contributed by atoms with Gasteiger partial charge in [-0.25, -0.2) is 0 Å². The van der Waals surface area contributed by atoms with Gasteiger partial charge in [-0.3, -0.25) is 4.98 Å². The number of pyridine rings is 1. The van der Waals surface area contributed by atoms with E-state index in [0.717, 1.165) is 23.2 Å². The van der Waals surface area contributed by atoms with Gasteiger partial charge in [-0.1, -0.05) is 6.07 Å². The monoisotopic (exact) mass is 221 g/mol.